The maximum atomic E-state index is 14.6. The molecular formula is C21H22F2N4O3. The molecule has 1 fully saturated rings. The number of ether oxygens (including phenoxy) is 1. The van der Waals surface area contributed by atoms with Gasteiger partial charge in [0.1, 0.15) is 17.5 Å². The third-order valence-electron chi connectivity index (χ3n) is 6.10. The number of nitrogens with zero attached hydrogens (tertiary/aromatic N) is 3. The predicted molar refractivity (Wildman–Crippen MR) is 105 cm³/mol. The highest BCUT2D eigenvalue weighted by molar-refractivity contribution is 5.98. The molecule has 0 saturated carbocycles. The summed E-state index contributed by atoms with van der Waals surface area (Å²) in [5, 5.41) is 12.6. The average Bonchev–Trinajstić information content (AvgIpc) is 2.95. The van der Waals surface area contributed by atoms with Crippen LogP contribution in [0.1, 0.15) is 41.9 Å². The van der Waals surface area contributed by atoms with Crippen molar-refractivity contribution in [3.8, 4) is 17.0 Å². The number of aliphatic hydroxyl groups is 1. The van der Waals surface area contributed by atoms with Crippen LogP contribution in [0.3, 0.4) is 0 Å². The van der Waals surface area contributed by atoms with E-state index in [4.69, 9.17) is 4.74 Å². The first-order valence-electron chi connectivity index (χ1n) is 10.1. The highest BCUT2D eigenvalue weighted by Gasteiger charge is 2.45. The van der Waals surface area contributed by atoms with Crippen molar-refractivity contribution in [3.63, 3.8) is 0 Å². The molecule has 7 nitrogen and oxygen atoms in total. The summed E-state index contributed by atoms with van der Waals surface area (Å²) in [6.07, 6.45) is -0.895. The number of halogens is 2. The number of alkyl halides is 2. The summed E-state index contributed by atoms with van der Waals surface area (Å²) in [6.45, 7) is 4.34. The molecule has 3 atom stereocenters. The van der Waals surface area contributed by atoms with E-state index in [0.717, 1.165) is 0 Å². The Bertz CT molecular complexity index is 1050. The fourth-order valence-electron chi connectivity index (χ4n) is 4.18. The van der Waals surface area contributed by atoms with Crippen molar-refractivity contribution in [2.24, 2.45) is 0 Å². The van der Waals surface area contributed by atoms with Gasteiger partial charge in [-0.1, -0.05) is 6.07 Å². The van der Waals surface area contributed by atoms with Crippen LogP contribution in [-0.4, -0.2) is 52.3 Å². The third kappa shape index (κ3) is 2.91. The van der Waals surface area contributed by atoms with E-state index in [-0.39, 0.29) is 42.5 Å². The molecule has 9 heteroatoms. The molecule has 3 heterocycles. The fraction of sp³-hybridized carbons (Fsp3) is 0.476. The lowest BCUT2D eigenvalue weighted by Crippen LogP contribution is -2.59. The largest absolute Gasteiger partial charge is 0.488 e. The van der Waals surface area contributed by atoms with Gasteiger partial charge in [-0.15, -0.1) is 0 Å². The number of amides is 1. The van der Waals surface area contributed by atoms with E-state index in [1.807, 2.05) is 6.92 Å². The molecule has 1 aliphatic carbocycles. The first-order valence-corrected chi connectivity index (χ1v) is 10.1. The summed E-state index contributed by atoms with van der Waals surface area (Å²) < 4.78 is 35.0. The standard InChI is InChI=1S/C21H22F2N4O3/c1-10-8-24-19(29)13-4-3-12(7-16(13)30-10)17-14-5-6-21(22,23)18(14)26-20(25-17)27-9-15(28)11(27)2/h3-4,7,10-11,15,28H,5-6,8-9H2,1-2H3,(H,24,29)/t10-,11+,15-/m1/s1. The Labute approximate surface area is 172 Å². The molecule has 1 amide bonds. The average molecular weight is 416 g/mol. The Morgan fingerprint density at radius 1 is 1.30 bits per heavy atom. The van der Waals surface area contributed by atoms with Crippen molar-refractivity contribution in [2.45, 2.75) is 50.9 Å². The molecule has 5 rings (SSSR count). The number of hydrogen-bond acceptors (Lipinski definition) is 6. The van der Waals surface area contributed by atoms with Crippen LogP contribution in [0, 0.1) is 0 Å². The number of aliphatic hydroxyl groups excluding tert-OH is 1. The van der Waals surface area contributed by atoms with Crippen LogP contribution in [0.5, 0.6) is 5.75 Å². The second-order valence-corrected chi connectivity index (χ2v) is 8.21. The van der Waals surface area contributed by atoms with E-state index in [1.54, 1.807) is 30.0 Å². The fourth-order valence-corrected chi connectivity index (χ4v) is 4.18. The number of carbonyl (C=O) groups is 1. The molecule has 158 valence electrons. The summed E-state index contributed by atoms with van der Waals surface area (Å²) >= 11 is 0. The minimum atomic E-state index is -3.02. The Morgan fingerprint density at radius 3 is 2.83 bits per heavy atom. The first-order chi connectivity index (χ1) is 14.2. The number of rotatable bonds is 2. The van der Waals surface area contributed by atoms with Crippen LogP contribution in [0.4, 0.5) is 14.7 Å². The number of carbonyl (C=O) groups excluding carboxylic acids is 1. The molecule has 2 aliphatic heterocycles. The van der Waals surface area contributed by atoms with Gasteiger partial charge >= 0.3 is 0 Å². The number of hydrogen-bond donors (Lipinski definition) is 2. The minimum absolute atomic E-state index is 0.172. The van der Waals surface area contributed by atoms with Crippen molar-refractivity contribution >= 4 is 11.9 Å². The van der Waals surface area contributed by atoms with Gasteiger partial charge in [-0.25, -0.2) is 9.97 Å². The number of β-amino-alcohol motifs (C(OH)–C–C–N with tert-alkyl or cyclic N) is 1. The summed E-state index contributed by atoms with van der Waals surface area (Å²) in [7, 11) is 0. The zero-order valence-electron chi connectivity index (χ0n) is 16.7. The molecule has 0 radical (unpaired) electrons. The van der Waals surface area contributed by atoms with E-state index in [9.17, 15) is 18.7 Å². The lowest BCUT2D eigenvalue weighted by atomic mass is 10.0. The SMILES string of the molecule is C[C@@H]1CNC(=O)c2ccc(-c3nc(N4C[C@@H](O)[C@@H]4C)nc4c3CCC4(F)F)cc2O1. The molecule has 1 aromatic heterocycles. The quantitative estimate of drug-likeness (QED) is 0.781. The van der Waals surface area contributed by atoms with Crippen molar-refractivity contribution in [1.29, 1.82) is 0 Å². The van der Waals surface area contributed by atoms with Gasteiger partial charge in [0, 0.05) is 24.1 Å². The normalized spacial score (nSPS) is 26.8. The predicted octanol–water partition coefficient (Wildman–Crippen LogP) is 2.26. The van der Waals surface area contributed by atoms with Crippen LogP contribution in [0.25, 0.3) is 11.3 Å². The number of fused-ring (bicyclic) bond motifs is 2. The maximum absolute atomic E-state index is 14.6. The Kier molecular flexibility index (Phi) is 4.22. The topological polar surface area (TPSA) is 87.6 Å². The molecule has 2 aromatic rings. The number of anilines is 1. The molecule has 0 bridgehead atoms. The van der Waals surface area contributed by atoms with E-state index >= 15 is 0 Å². The summed E-state index contributed by atoms with van der Waals surface area (Å²) in [4.78, 5) is 22.8. The van der Waals surface area contributed by atoms with Gasteiger partial charge in [0.15, 0.2) is 0 Å². The third-order valence-corrected chi connectivity index (χ3v) is 6.10. The second kappa shape index (κ2) is 6.60. The van der Waals surface area contributed by atoms with Crippen LogP contribution in [0.2, 0.25) is 0 Å². The molecule has 30 heavy (non-hydrogen) atoms. The van der Waals surface area contributed by atoms with Crippen LogP contribution in [0.15, 0.2) is 18.2 Å². The maximum Gasteiger partial charge on any atom is 0.290 e. The van der Waals surface area contributed by atoms with E-state index < -0.39 is 12.0 Å². The molecule has 1 saturated heterocycles. The van der Waals surface area contributed by atoms with Gasteiger partial charge in [-0.3, -0.25) is 4.79 Å². The van der Waals surface area contributed by atoms with Gasteiger partial charge < -0.3 is 20.1 Å². The molecule has 2 N–H and O–H groups in total. The number of benzene rings is 1. The second-order valence-electron chi connectivity index (χ2n) is 8.21. The monoisotopic (exact) mass is 416 g/mol. The highest BCUT2D eigenvalue weighted by Crippen LogP contribution is 2.45. The number of aromatic nitrogens is 2. The van der Waals surface area contributed by atoms with E-state index in [1.165, 1.54) is 0 Å². The Balaban J connectivity index is 1.64. The van der Waals surface area contributed by atoms with Crippen molar-refractivity contribution in [2.75, 3.05) is 18.0 Å². The van der Waals surface area contributed by atoms with Crippen molar-refractivity contribution in [1.82, 2.24) is 15.3 Å². The first kappa shape index (κ1) is 19.2. The smallest absolute Gasteiger partial charge is 0.290 e. The molecule has 0 spiro atoms. The molecule has 0 unspecified atom stereocenters. The Morgan fingerprint density at radius 2 is 2.10 bits per heavy atom. The van der Waals surface area contributed by atoms with Crippen LogP contribution in [-0.2, 0) is 12.3 Å². The lowest BCUT2D eigenvalue weighted by molar-refractivity contribution is -0.00603. The Hall–Kier alpha value is -2.81. The molecular weight excluding hydrogens is 394 g/mol. The summed E-state index contributed by atoms with van der Waals surface area (Å²) in [5.74, 6) is -2.67. The zero-order chi connectivity index (χ0) is 21.2. The minimum Gasteiger partial charge on any atom is -0.488 e. The van der Waals surface area contributed by atoms with E-state index in [2.05, 4.69) is 15.3 Å². The summed E-state index contributed by atoms with van der Waals surface area (Å²) in [6, 6.07) is 4.78. The van der Waals surface area contributed by atoms with Gasteiger partial charge in [-0.2, -0.15) is 8.78 Å². The van der Waals surface area contributed by atoms with Crippen LogP contribution >= 0.6 is 0 Å². The lowest BCUT2D eigenvalue weighted by Gasteiger charge is -2.43. The van der Waals surface area contributed by atoms with Crippen molar-refractivity contribution in [3.05, 3.63) is 35.0 Å². The van der Waals surface area contributed by atoms with Gasteiger partial charge in [-0.05, 0) is 32.4 Å². The van der Waals surface area contributed by atoms with Crippen LogP contribution < -0.4 is 15.0 Å². The highest BCUT2D eigenvalue weighted by atomic mass is 19.3. The van der Waals surface area contributed by atoms with Gasteiger partial charge in [0.25, 0.3) is 11.8 Å². The number of nitrogens with one attached hydrogen (secondary N) is 1. The van der Waals surface area contributed by atoms with E-state index in [0.29, 0.717) is 41.2 Å². The van der Waals surface area contributed by atoms with Gasteiger partial charge in [0.2, 0.25) is 5.95 Å². The molecule has 3 aliphatic rings. The molecule has 1 aromatic carbocycles. The zero-order valence-corrected chi connectivity index (χ0v) is 16.7. The summed E-state index contributed by atoms with van der Waals surface area (Å²) in [5.41, 5.74) is 1.59. The van der Waals surface area contributed by atoms with Crippen molar-refractivity contribution < 1.29 is 23.4 Å². The van der Waals surface area contributed by atoms with Gasteiger partial charge in [0.05, 0.1) is 29.9 Å².